The normalized spacial score (nSPS) is 10.0. The highest BCUT2D eigenvalue weighted by Gasteiger charge is 2.05. The van der Waals surface area contributed by atoms with Gasteiger partial charge in [-0.2, -0.15) is 0 Å². The molecule has 0 aliphatic carbocycles. The summed E-state index contributed by atoms with van der Waals surface area (Å²) in [6.07, 6.45) is 0. The van der Waals surface area contributed by atoms with Gasteiger partial charge in [0.15, 0.2) is 0 Å². The van der Waals surface area contributed by atoms with E-state index < -0.39 is 0 Å². The van der Waals surface area contributed by atoms with Gasteiger partial charge in [-0.1, -0.05) is 30.3 Å². The molecule has 0 heterocycles. The molecule has 3 nitrogen and oxygen atoms in total. The molecule has 98 valence electrons. The van der Waals surface area contributed by atoms with E-state index in [2.05, 4.69) is 33.2 Å². The van der Waals surface area contributed by atoms with Crippen LogP contribution in [0.3, 0.4) is 0 Å². The molecule has 2 N–H and O–H groups in total. The van der Waals surface area contributed by atoms with E-state index in [1.807, 2.05) is 55.5 Å². The standard InChI is InChI=1S/C15H15IN2O/c1-11-6-2-4-8-13(11)17-10-15(19)18-14-9-5-3-7-12(14)16/h2-9,17H,10H2,1H3,(H,18,19). The number of carbonyl (C=O) groups is 1. The molecule has 0 fully saturated rings. The summed E-state index contributed by atoms with van der Waals surface area (Å²) in [5.74, 6) is -0.0487. The number of carbonyl (C=O) groups excluding carboxylic acids is 1. The zero-order valence-corrected chi connectivity index (χ0v) is 12.8. The number of hydrogen-bond donors (Lipinski definition) is 2. The van der Waals surface area contributed by atoms with Crippen molar-refractivity contribution in [2.75, 3.05) is 17.2 Å². The fraction of sp³-hybridized carbons (Fsp3) is 0.133. The number of hydrogen-bond acceptors (Lipinski definition) is 2. The number of anilines is 2. The van der Waals surface area contributed by atoms with Crippen molar-refractivity contribution in [1.29, 1.82) is 0 Å². The minimum Gasteiger partial charge on any atom is -0.376 e. The Morgan fingerprint density at radius 2 is 1.68 bits per heavy atom. The maximum absolute atomic E-state index is 11.9. The van der Waals surface area contributed by atoms with E-state index in [0.717, 1.165) is 20.5 Å². The Hall–Kier alpha value is -1.56. The van der Waals surface area contributed by atoms with Crippen LogP contribution in [-0.2, 0) is 4.79 Å². The summed E-state index contributed by atoms with van der Waals surface area (Å²) in [6, 6.07) is 15.6. The number of amides is 1. The molecule has 0 saturated heterocycles. The molecule has 2 aromatic carbocycles. The fourth-order valence-corrected chi connectivity index (χ4v) is 2.23. The van der Waals surface area contributed by atoms with Gasteiger partial charge in [0.05, 0.1) is 12.2 Å². The van der Waals surface area contributed by atoms with Crippen LogP contribution >= 0.6 is 22.6 Å². The van der Waals surface area contributed by atoms with E-state index in [1.54, 1.807) is 0 Å². The third kappa shape index (κ3) is 3.96. The molecular weight excluding hydrogens is 351 g/mol. The van der Waals surface area contributed by atoms with Crippen molar-refractivity contribution in [3.63, 3.8) is 0 Å². The molecular formula is C15H15IN2O. The molecule has 0 spiro atoms. The van der Waals surface area contributed by atoms with Crippen LogP contribution in [0.15, 0.2) is 48.5 Å². The van der Waals surface area contributed by atoms with Gasteiger partial charge in [-0.15, -0.1) is 0 Å². The van der Waals surface area contributed by atoms with Crippen LogP contribution < -0.4 is 10.6 Å². The maximum atomic E-state index is 11.9. The van der Waals surface area contributed by atoms with Gasteiger partial charge in [0.25, 0.3) is 0 Å². The highest BCUT2D eigenvalue weighted by molar-refractivity contribution is 14.1. The molecule has 0 atom stereocenters. The lowest BCUT2D eigenvalue weighted by molar-refractivity contribution is -0.114. The Morgan fingerprint density at radius 1 is 1.05 bits per heavy atom. The second-order valence-electron chi connectivity index (χ2n) is 4.20. The molecule has 0 aliphatic heterocycles. The van der Waals surface area contributed by atoms with Crippen molar-refractivity contribution in [2.45, 2.75) is 6.92 Å². The highest BCUT2D eigenvalue weighted by Crippen LogP contribution is 2.17. The molecule has 0 aliphatic rings. The van der Waals surface area contributed by atoms with Gasteiger partial charge in [0.2, 0.25) is 5.91 Å². The van der Waals surface area contributed by atoms with Crippen LogP contribution in [0.1, 0.15) is 5.56 Å². The molecule has 0 saturated carbocycles. The Balaban J connectivity index is 1.92. The first-order valence-corrected chi connectivity index (χ1v) is 7.08. The van der Waals surface area contributed by atoms with Crippen molar-refractivity contribution in [3.8, 4) is 0 Å². The quantitative estimate of drug-likeness (QED) is 0.812. The Labute approximate surface area is 126 Å². The fourth-order valence-electron chi connectivity index (χ4n) is 1.70. The first kappa shape index (κ1) is 13.9. The largest absolute Gasteiger partial charge is 0.376 e. The van der Waals surface area contributed by atoms with Gasteiger partial charge >= 0.3 is 0 Å². The minimum absolute atomic E-state index is 0.0487. The lowest BCUT2D eigenvalue weighted by atomic mass is 10.2. The van der Waals surface area contributed by atoms with Gasteiger partial charge in [-0.25, -0.2) is 0 Å². The van der Waals surface area contributed by atoms with Crippen molar-refractivity contribution in [2.24, 2.45) is 0 Å². The van der Waals surface area contributed by atoms with Gasteiger partial charge in [-0.05, 0) is 53.3 Å². The second kappa shape index (κ2) is 6.56. The first-order valence-electron chi connectivity index (χ1n) is 6.00. The number of halogens is 1. The summed E-state index contributed by atoms with van der Waals surface area (Å²) >= 11 is 2.20. The lowest BCUT2D eigenvalue weighted by Gasteiger charge is -2.10. The number of nitrogens with one attached hydrogen (secondary N) is 2. The summed E-state index contributed by atoms with van der Waals surface area (Å²) in [5, 5.41) is 6.03. The SMILES string of the molecule is Cc1ccccc1NCC(=O)Nc1ccccc1I. The second-order valence-corrected chi connectivity index (χ2v) is 5.36. The molecule has 0 unspecified atom stereocenters. The highest BCUT2D eigenvalue weighted by atomic mass is 127. The van der Waals surface area contributed by atoms with E-state index in [9.17, 15) is 4.79 Å². The number of rotatable bonds is 4. The topological polar surface area (TPSA) is 41.1 Å². The Morgan fingerprint density at radius 3 is 2.37 bits per heavy atom. The summed E-state index contributed by atoms with van der Waals surface area (Å²) < 4.78 is 1.03. The summed E-state index contributed by atoms with van der Waals surface area (Å²) in [7, 11) is 0. The molecule has 1 amide bonds. The molecule has 0 radical (unpaired) electrons. The Bertz CT molecular complexity index is 584. The van der Waals surface area contributed by atoms with E-state index in [1.165, 1.54) is 0 Å². The van der Waals surface area contributed by atoms with Crippen molar-refractivity contribution in [1.82, 2.24) is 0 Å². The zero-order chi connectivity index (χ0) is 13.7. The molecule has 2 rings (SSSR count). The van der Waals surface area contributed by atoms with Gasteiger partial charge in [-0.3, -0.25) is 4.79 Å². The predicted molar refractivity (Wildman–Crippen MR) is 87.5 cm³/mol. The number of para-hydroxylation sites is 2. The van der Waals surface area contributed by atoms with Gasteiger partial charge in [0, 0.05) is 9.26 Å². The monoisotopic (exact) mass is 366 g/mol. The average molecular weight is 366 g/mol. The van der Waals surface area contributed by atoms with Crippen LogP contribution in [0.25, 0.3) is 0 Å². The third-order valence-electron chi connectivity index (χ3n) is 2.73. The zero-order valence-electron chi connectivity index (χ0n) is 10.6. The van der Waals surface area contributed by atoms with Crippen molar-refractivity contribution in [3.05, 3.63) is 57.7 Å². The summed E-state index contributed by atoms with van der Waals surface area (Å²) in [6.45, 7) is 2.27. The molecule has 19 heavy (non-hydrogen) atoms. The van der Waals surface area contributed by atoms with Gasteiger partial charge in [0.1, 0.15) is 0 Å². The van der Waals surface area contributed by atoms with Crippen molar-refractivity contribution >= 4 is 39.9 Å². The third-order valence-corrected chi connectivity index (χ3v) is 3.67. The molecule has 2 aromatic rings. The van der Waals surface area contributed by atoms with E-state index >= 15 is 0 Å². The van der Waals surface area contributed by atoms with E-state index in [-0.39, 0.29) is 12.5 Å². The first-order chi connectivity index (χ1) is 9.16. The number of benzene rings is 2. The summed E-state index contributed by atoms with van der Waals surface area (Å²) in [5.41, 5.74) is 2.96. The van der Waals surface area contributed by atoms with E-state index in [4.69, 9.17) is 0 Å². The molecule has 0 bridgehead atoms. The number of aryl methyl sites for hydroxylation is 1. The minimum atomic E-state index is -0.0487. The van der Waals surface area contributed by atoms with Crippen molar-refractivity contribution < 1.29 is 4.79 Å². The van der Waals surface area contributed by atoms with Gasteiger partial charge < -0.3 is 10.6 Å². The predicted octanol–water partition coefficient (Wildman–Crippen LogP) is 3.65. The van der Waals surface area contributed by atoms with Crippen LogP contribution in [0.2, 0.25) is 0 Å². The van der Waals surface area contributed by atoms with Crippen LogP contribution in [-0.4, -0.2) is 12.5 Å². The summed E-state index contributed by atoms with van der Waals surface area (Å²) in [4.78, 5) is 11.9. The average Bonchev–Trinajstić information content (AvgIpc) is 2.40. The van der Waals surface area contributed by atoms with Crippen LogP contribution in [0, 0.1) is 10.5 Å². The smallest absolute Gasteiger partial charge is 0.243 e. The molecule has 0 aromatic heterocycles. The van der Waals surface area contributed by atoms with E-state index in [0.29, 0.717) is 0 Å². The maximum Gasteiger partial charge on any atom is 0.243 e. The lowest BCUT2D eigenvalue weighted by Crippen LogP contribution is -2.22. The Kier molecular flexibility index (Phi) is 4.79. The van der Waals surface area contributed by atoms with Crippen LogP contribution in [0.4, 0.5) is 11.4 Å². The van der Waals surface area contributed by atoms with Crippen LogP contribution in [0.5, 0.6) is 0 Å². The molecule has 4 heteroatoms.